The van der Waals surface area contributed by atoms with Crippen molar-refractivity contribution in [2.75, 3.05) is 25.1 Å². The van der Waals surface area contributed by atoms with Gasteiger partial charge >= 0.3 is 5.97 Å². The number of hydrogen-bond donors (Lipinski definition) is 1. The van der Waals surface area contributed by atoms with Crippen molar-refractivity contribution >= 4 is 11.7 Å². The van der Waals surface area contributed by atoms with Gasteiger partial charge in [-0.15, -0.1) is 0 Å². The van der Waals surface area contributed by atoms with Gasteiger partial charge in [-0.3, -0.25) is 0 Å². The zero-order valence-electron chi connectivity index (χ0n) is 10.5. The molecule has 0 aliphatic carbocycles. The van der Waals surface area contributed by atoms with Crippen molar-refractivity contribution in [3.63, 3.8) is 0 Å². The number of anilines is 1. The molecule has 1 heterocycles. The number of carboxylic acid groups (broad SMARTS) is 1. The molecule has 104 valence electrons. The summed E-state index contributed by atoms with van der Waals surface area (Å²) < 4.78 is 32.8. The van der Waals surface area contributed by atoms with Crippen molar-refractivity contribution in [3.05, 3.63) is 29.3 Å². The Balaban J connectivity index is 2.30. The molecule has 4 nitrogen and oxygen atoms in total. The fourth-order valence-electron chi connectivity index (χ4n) is 2.30. The van der Waals surface area contributed by atoms with Crippen LogP contribution in [0.2, 0.25) is 0 Å². The lowest BCUT2D eigenvalue weighted by Gasteiger charge is -2.33. The van der Waals surface area contributed by atoms with E-state index in [2.05, 4.69) is 0 Å². The van der Waals surface area contributed by atoms with Crippen LogP contribution in [0.15, 0.2) is 12.1 Å². The van der Waals surface area contributed by atoms with E-state index in [0.29, 0.717) is 13.1 Å². The third-order valence-corrected chi connectivity index (χ3v) is 3.34. The van der Waals surface area contributed by atoms with Crippen LogP contribution >= 0.6 is 0 Å². The standard InChI is InChI=1S/C13H15F2NO3/c1-19-8-3-2-6-16(7-8)10-5-4-9(13(17)18)11(14)12(10)15/h4-5,8H,2-3,6-7H2,1H3,(H,17,18). The summed E-state index contributed by atoms with van der Waals surface area (Å²) in [5, 5.41) is 8.73. The van der Waals surface area contributed by atoms with Crippen molar-refractivity contribution < 1.29 is 23.4 Å². The largest absolute Gasteiger partial charge is 0.478 e. The molecule has 0 amide bonds. The summed E-state index contributed by atoms with van der Waals surface area (Å²) >= 11 is 0. The first-order chi connectivity index (χ1) is 9.04. The smallest absolute Gasteiger partial charge is 0.338 e. The minimum absolute atomic E-state index is 0.0182. The van der Waals surface area contributed by atoms with Crippen LogP contribution in [0.4, 0.5) is 14.5 Å². The van der Waals surface area contributed by atoms with E-state index in [-0.39, 0.29) is 11.8 Å². The molecule has 1 aliphatic heterocycles. The molecule has 1 aliphatic rings. The van der Waals surface area contributed by atoms with Crippen molar-refractivity contribution in [3.8, 4) is 0 Å². The van der Waals surface area contributed by atoms with Gasteiger partial charge in [0.1, 0.15) is 0 Å². The summed E-state index contributed by atoms with van der Waals surface area (Å²) in [5.41, 5.74) is -0.564. The average Bonchev–Trinajstić information content (AvgIpc) is 2.41. The Morgan fingerprint density at radius 3 is 2.79 bits per heavy atom. The average molecular weight is 271 g/mol. The van der Waals surface area contributed by atoms with E-state index in [1.54, 1.807) is 12.0 Å². The molecular formula is C13H15F2NO3. The molecule has 0 saturated carbocycles. The van der Waals surface area contributed by atoms with Gasteiger partial charge in [-0.25, -0.2) is 13.6 Å². The molecule has 1 unspecified atom stereocenters. The quantitative estimate of drug-likeness (QED) is 0.916. The highest BCUT2D eigenvalue weighted by Crippen LogP contribution is 2.27. The first-order valence-electron chi connectivity index (χ1n) is 6.03. The fourth-order valence-corrected chi connectivity index (χ4v) is 2.30. The minimum Gasteiger partial charge on any atom is -0.478 e. The molecule has 19 heavy (non-hydrogen) atoms. The number of ether oxygens (including phenoxy) is 1. The third kappa shape index (κ3) is 2.68. The summed E-state index contributed by atoms with van der Waals surface area (Å²) in [5.74, 6) is -3.91. The number of aromatic carboxylic acids is 1. The maximum atomic E-state index is 13.9. The molecule has 1 aromatic carbocycles. The van der Waals surface area contributed by atoms with E-state index >= 15 is 0 Å². The first kappa shape index (κ1) is 13.7. The van der Waals surface area contributed by atoms with Crippen LogP contribution in [0, 0.1) is 11.6 Å². The zero-order chi connectivity index (χ0) is 14.0. The summed E-state index contributed by atoms with van der Waals surface area (Å²) in [6.45, 7) is 1.07. The lowest BCUT2D eigenvalue weighted by molar-refractivity contribution is 0.0690. The molecule has 0 aromatic heterocycles. The molecule has 0 bridgehead atoms. The van der Waals surface area contributed by atoms with Gasteiger partial charge in [0.05, 0.1) is 17.4 Å². The number of benzene rings is 1. The summed E-state index contributed by atoms with van der Waals surface area (Å²) in [6, 6.07) is 2.40. The molecule has 1 fully saturated rings. The van der Waals surface area contributed by atoms with Crippen molar-refractivity contribution in [2.24, 2.45) is 0 Å². The van der Waals surface area contributed by atoms with Crippen LogP contribution in [0.1, 0.15) is 23.2 Å². The van der Waals surface area contributed by atoms with Crippen LogP contribution in [0.5, 0.6) is 0 Å². The van der Waals surface area contributed by atoms with E-state index < -0.39 is 23.2 Å². The van der Waals surface area contributed by atoms with Gasteiger partial charge in [-0.2, -0.15) is 0 Å². The number of carboxylic acids is 1. The first-order valence-corrected chi connectivity index (χ1v) is 6.03. The van der Waals surface area contributed by atoms with Crippen LogP contribution in [0.3, 0.4) is 0 Å². The molecule has 1 N–H and O–H groups in total. The van der Waals surface area contributed by atoms with Gasteiger partial charge in [-0.1, -0.05) is 0 Å². The Kier molecular flexibility index (Phi) is 3.99. The molecular weight excluding hydrogens is 256 g/mol. The van der Waals surface area contributed by atoms with Gasteiger partial charge in [0, 0.05) is 20.2 Å². The monoisotopic (exact) mass is 271 g/mol. The summed E-state index contributed by atoms with van der Waals surface area (Å²) in [4.78, 5) is 12.4. The topological polar surface area (TPSA) is 49.8 Å². The van der Waals surface area contributed by atoms with Gasteiger partial charge in [0.25, 0.3) is 0 Å². The second-order valence-electron chi connectivity index (χ2n) is 4.51. The molecule has 0 radical (unpaired) electrons. The van der Waals surface area contributed by atoms with Crippen molar-refractivity contribution in [1.82, 2.24) is 0 Å². The van der Waals surface area contributed by atoms with Gasteiger partial charge < -0.3 is 14.7 Å². The number of carbonyl (C=O) groups is 1. The van der Waals surface area contributed by atoms with E-state index in [0.717, 1.165) is 18.9 Å². The molecule has 1 saturated heterocycles. The van der Waals surface area contributed by atoms with Gasteiger partial charge in [0.2, 0.25) is 0 Å². The fraction of sp³-hybridized carbons (Fsp3) is 0.462. The van der Waals surface area contributed by atoms with E-state index in [1.165, 1.54) is 6.07 Å². The molecule has 6 heteroatoms. The maximum absolute atomic E-state index is 13.9. The van der Waals surface area contributed by atoms with Crippen LogP contribution in [-0.4, -0.2) is 37.4 Å². The molecule has 1 aromatic rings. The number of rotatable bonds is 3. The van der Waals surface area contributed by atoms with E-state index in [9.17, 15) is 13.6 Å². The Hall–Kier alpha value is -1.69. The Labute approximate surface area is 109 Å². The predicted octanol–water partition coefficient (Wildman–Crippen LogP) is 2.28. The van der Waals surface area contributed by atoms with Crippen LogP contribution in [-0.2, 0) is 4.74 Å². The number of nitrogens with zero attached hydrogens (tertiary/aromatic N) is 1. The second-order valence-corrected chi connectivity index (χ2v) is 4.51. The molecule has 0 spiro atoms. The number of hydrogen-bond acceptors (Lipinski definition) is 3. The molecule has 2 rings (SSSR count). The highest BCUT2D eigenvalue weighted by Gasteiger charge is 2.25. The molecule has 1 atom stereocenters. The Morgan fingerprint density at radius 1 is 1.42 bits per heavy atom. The third-order valence-electron chi connectivity index (χ3n) is 3.34. The van der Waals surface area contributed by atoms with E-state index in [4.69, 9.17) is 9.84 Å². The lowest BCUT2D eigenvalue weighted by Crippen LogP contribution is -2.39. The van der Waals surface area contributed by atoms with Gasteiger partial charge in [0.15, 0.2) is 11.6 Å². The lowest BCUT2D eigenvalue weighted by atomic mass is 10.1. The second kappa shape index (κ2) is 5.52. The number of halogens is 2. The number of methoxy groups -OCH3 is 1. The van der Waals surface area contributed by atoms with Crippen LogP contribution < -0.4 is 4.90 Å². The SMILES string of the molecule is COC1CCCN(c2ccc(C(=O)O)c(F)c2F)C1. The highest BCUT2D eigenvalue weighted by atomic mass is 19.2. The Bertz CT molecular complexity index is 493. The summed E-state index contributed by atoms with van der Waals surface area (Å²) in [6.07, 6.45) is 1.68. The van der Waals surface area contributed by atoms with Crippen molar-refractivity contribution in [1.29, 1.82) is 0 Å². The Morgan fingerprint density at radius 2 is 2.16 bits per heavy atom. The number of piperidine rings is 1. The zero-order valence-corrected chi connectivity index (χ0v) is 10.5. The van der Waals surface area contributed by atoms with Crippen molar-refractivity contribution in [2.45, 2.75) is 18.9 Å². The van der Waals surface area contributed by atoms with Gasteiger partial charge in [-0.05, 0) is 25.0 Å². The summed E-state index contributed by atoms with van der Waals surface area (Å²) in [7, 11) is 1.58. The normalized spacial score (nSPS) is 19.5. The highest BCUT2D eigenvalue weighted by molar-refractivity contribution is 5.88. The maximum Gasteiger partial charge on any atom is 0.338 e. The predicted molar refractivity (Wildman–Crippen MR) is 65.6 cm³/mol. The minimum atomic E-state index is -1.48. The van der Waals surface area contributed by atoms with Crippen LogP contribution in [0.25, 0.3) is 0 Å². The van der Waals surface area contributed by atoms with E-state index in [1.807, 2.05) is 0 Å².